The second-order valence-electron chi connectivity index (χ2n) is 5.00. The monoisotopic (exact) mass is 283 g/mol. The maximum atomic E-state index is 13.2. The van der Waals surface area contributed by atoms with Gasteiger partial charge in [0.05, 0.1) is 0 Å². The van der Waals surface area contributed by atoms with E-state index in [2.05, 4.69) is 18.7 Å². The average Bonchev–Trinajstić information content (AvgIpc) is 2.36. The molecule has 0 aromatic heterocycles. The van der Waals surface area contributed by atoms with Crippen molar-refractivity contribution in [3.8, 4) is 0 Å². The predicted octanol–water partition coefficient (Wildman–Crippen LogP) is 0.831. The quantitative estimate of drug-likeness (QED) is 0.807. The fourth-order valence-electron chi connectivity index (χ4n) is 2.39. The number of halogens is 1. The summed E-state index contributed by atoms with van der Waals surface area (Å²) in [7, 11) is -1.63. The first-order valence-corrected chi connectivity index (χ1v) is 7.54. The van der Waals surface area contributed by atoms with Crippen LogP contribution in [0, 0.1) is 5.82 Å². The van der Waals surface area contributed by atoms with Crippen molar-refractivity contribution in [3.05, 3.63) is 29.6 Å². The van der Waals surface area contributed by atoms with Gasteiger partial charge in [-0.05, 0) is 30.1 Å². The molecule has 19 heavy (non-hydrogen) atoms. The minimum absolute atomic E-state index is 0.262. The number of benzene rings is 1. The summed E-state index contributed by atoms with van der Waals surface area (Å²) in [6.45, 7) is 5.97. The topological polar surface area (TPSA) is 43.7 Å². The third-order valence-electron chi connectivity index (χ3n) is 3.77. The highest BCUT2D eigenvalue weighted by Gasteiger charge is 2.26. The van der Waals surface area contributed by atoms with Gasteiger partial charge >= 0.3 is 7.12 Å². The zero-order valence-electron chi connectivity index (χ0n) is 11.2. The van der Waals surface area contributed by atoms with Crippen molar-refractivity contribution < 1.29 is 14.4 Å². The van der Waals surface area contributed by atoms with E-state index in [1.54, 1.807) is 6.07 Å². The standard InChI is InChI=1S/C13H19BFNO2S/c1-9-10(2)19-6-5-16(9)8-11-3-4-12(15)7-13(11)14(17)18/h3-4,7,9-10,17-18H,5-6,8H2,1-2H3. The zero-order chi connectivity index (χ0) is 14.0. The Balaban J connectivity index is 2.18. The van der Waals surface area contributed by atoms with Crippen molar-refractivity contribution in [2.45, 2.75) is 31.7 Å². The Kier molecular flexibility index (Phi) is 4.89. The number of nitrogens with zero attached hydrogens (tertiary/aromatic N) is 1. The molecule has 104 valence electrons. The molecular weight excluding hydrogens is 264 g/mol. The molecule has 6 heteroatoms. The molecule has 1 aliphatic heterocycles. The lowest BCUT2D eigenvalue weighted by Gasteiger charge is -2.37. The van der Waals surface area contributed by atoms with E-state index in [4.69, 9.17) is 0 Å². The fraction of sp³-hybridized carbons (Fsp3) is 0.538. The van der Waals surface area contributed by atoms with Crippen LogP contribution < -0.4 is 5.46 Å². The molecule has 1 heterocycles. The van der Waals surface area contributed by atoms with Crippen LogP contribution in [0.25, 0.3) is 0 Å². The van der Waals surface area contributed by atoms with Gasteiger partial charge in [-0.2, -0.15) is 11.8 Å². The summed E-state index contributed by atoms with van der Waals surface area (Å²) in [5, 5.41) is 19.2. The molecule has 2 atom stereocenters. The first kappa shape index (κ1) is 14.8. The Morgan fingerprint density at radius 3 is 2.84 bits per heavy atom. The third kappa shape index (κ3) is 3.51. The van der Waals surface area contributed by atoms with Gasteiger partial charge in [0, 0.05) is 30.1 Å². The van der Waals surface area contributed by atoms with Crippen LogP contribution in [0.1, 0.15) is 19.4 Å². The van der Waals surface area contributed by atoms with Gasteiger partial charge in [-0.3, -0.25) is 4.90 Å². The molecular formula is C13H19BFNO2S. The van der Waals surface area contributed by atoms with Crippen LogP contribution in [-0.4, -0.2) is 45.7 Å². The van der Waals surface area contributed by atoms with Crippen molar-refractivity contribution in [3.63, 3.8) is 0 Å². The highest BCUT2D eigenvalue weighted by molar-refractivity contribution is 8.00. The average molecular weight is 283 g/mol. The van der Waals surface area contributed by atoms with Crippen LogP contribution in [0.2, 0.25) is 0 Å². The van der Waals surface area contributed by atoms with E-state index in [1.165, 1.54) is 12.1 Å². The van der Waals surface area contributed by atoms with Gasteiger partial charge in [-0.25, -0.2) is 4.39 Å². The normalized spacial score (nSPS) is 24.5. The van der Waals surface area contributed by atoms with E-state index in [1.807, 2.05) is 11.8 Å². The SMILES string of the molecule is CC1SCCN(Cc2ccc(F)cc2B(O)O)C1C. The predicted molar refractivity (Wildman–Crippen MR) is 78.0 cm³/mol. The molecule has 1 aliphatic rings. The van der Waals surface area contributed by atoms with Crippen molar-refractivity contribution in [2.75, 3.05) is 12.3 Å². The van der Waals surface area contributed by atoms with Gasteiger partial charge in [-0.15, -0.1) is 0 Å². The summed E-state index contributed by atoms with van der Waals surface area (Å²) in [6, 6.07) is 4.64. The number of thioether (sulfide) groups is 1. The zero-order valence-corrected chi connectivity index (χ0v) is 12.0. The van der Waals surface area contributed by atoms with Crippen LogP contribution in [-0.2, 0) is 6.54 Å². The molecule has 0 spiro atoms. The molecule has 0 aliphatic carbocycles. The first-order valence-electron chi connectivity index (χ1n) is 6.49. The molecule has 0 radical (unpaired) electrons. The Hall–Kier alpha value is -0.555. The Bertz CT molecular complexity index is 447. The van der Waals surface area contributed by atoms with Crippen LogP contribution in [0.15, 0.2) is 18.2 Å². The lowest BCUT2D eigenvalue weighted by molar-refractivity contribution is 0.204. The molecule has 1 aromatic rings. The molecule has 0 bridgehead atoms. The summed E-state index contributed by atoms with van der Waals surface area (Å²) in [6.07, 6.45) is 0. The molecule has 2 rings (SSSR count). The fourth-order valence-corrected chi connectivity index (χ4v) is 3.55. The smallest absolute Gasteiger partial charge is 0.423 e. The first-order chi connectivity index (χ1) is 8.99. The Morgan fingerprint density at radius 1 is 1.42 bits per heavy atom. The highest BCUT2D eigenvalue weighted by Crippen LogP contribution is 2.25. The van der Waals surface area contributed by atoms with Gasteiger partial charge in [0.2, 0.25) is 0 Å². The molecule has 0 saturated carbocycles. The van der Waals surface area contributed by atoms with Gasteiger partial charge in [-0.1, -0.05) is 13.0 Å². The third-order valence-corrected chi connectivity index (χ3v) is 5.11. The number of hydrogen-bond donors (Lipinski definition) is 2. The highest BCUT2D eigenvalue weighted by atomic mass is 32.2. The van der Waals surface area contributed by atoms with Crippen LogP contribution in [0.4, 0.5) is 4.39 Å². The summed E-state index contributed by atoms with van der Waals surface area (Å²) < 4.78 is 13.2. The maximum absolute atomic E-state index is 13.2. The van der Waals surface area contributed by atoms with Gasteiger partial charge < -0.3 is 10.0 Å². The lowest BCUT2D eigenvalue weighted by Crippen LogP contribution is -2.45. The van der Waals surface area contributed by atoms with E-state index >= 15 is 0 Å². The van der Waals surface area contributed by atoms with Crippen LogP contribution in [0.5, 0.6) is 0 Å². The second-order valence-corrected chi connectivity index (χ2v) is 6.49. The van der Waals surface area contributed by atoms with Crippen LogP contribution >= 0.6 is 11.8 Å². The lowest BCUT2D eigenvalue weighted by atomic mass is 9.76. The van der Waals surface area contributed by atoms with E-state index in [0.29, 0.717) is 17.8 Å². The number of hydrogen-bond acceptors (Lipinski definition) is 4. The van der Waals surface area contributed by atoms with Gasteiger partial charge in [0.1, 0.15) is 5.82 Å². The van der Waals surface area contributed by atoms with Gasteiger partial charge in [0.15, 0.2) is 0 Å². The maximum Gasteiger partial charge on any atom is 0.488 e. The molecule has 2 unspecified atom stereocenters. The second kappa shape index (κ2) is 6.26. The van der Waals surface area contributed by atoms with Crippen molar-refractivity contribution in [2.24, 2.45) is 0 Å². The summed E-state index contributed by atoms with van der Waals surface area (Å²) in [5.74, 6) is 0.631. The van der Waals surface area contributed by atoms with E-state index < -0.39 is 12.9 Å². The molecule has 0 amide bonds. The molecule has 1 fully saturated rings. The molecule has 3 nitrogen and oxygen atoms in total. The summed E-state index contributed by atoms with van der Waals surface area (Å²) >= 11 is 1.95. The molecule has 2 N–H and O–H groups in total. The summed E-state index contributed by atoms with van der Waals surface area (Å²) in [4.78, 5) is 2.31. The van der Waals surface area contributed by atoms with Crippen molar-refractivity contribution >= 4 is 24.3 Å². The van der Waals surface area contributed by atoms with Crippen LogP contribution in [0.3, 0.4) is 0 Å². The molecule has 1 saturated heterocycles. The van der Waals surface area contributed by atoms with Gasteiger partial charge in [0.25, 0.3) is 0 Å². The van der Waals surface area contributed by atoms with Crippen molar-refractivity contribution in [1.29, 1.82) is 0 Å². The largest absolute Gasteiger partial charge is 0.488 e. The van der Waals surface area contributed by atoms with E-state index in [-0.39, 0.29) is 5.46 Å². The Labute approximate surface area is 118 Å². The minimum atomic E-state index is -1.63. The summed E-state index contributed by atoms with van der Waals surface area (Å²) in [5.41, 5.74) is 1.04. The number of rotatable bonds is 3. The Morgan fingerprint density at radius 2 is 2.16 bits per heavy atom. The van der Waals surface area contributed by atoms with E-state index in [9.17, 15) is 14.4 Å². The van der Waals surface area contributed by atoms with Crippen molar-refractivity contribution in [1.82, 2.24) is 4.90 Å². The van der Waals surface area contributed by atoms with E-state index in [0.717, 1.165) is 17.9 Å². The minimum Gasteiger partial charge on any atom is -0.423 e. The molecule has 1 aromatic carbocycles.